The maximum Gasteiger partial charge on any atom is 0.492 e. The van der Waals surface area contributed by atoms with Crippen molar-refractivity contribution < 1.29 is 19.5 Å². The van der Waals surface area contributed by atoms with Gasteiger partial charge in [0.25, 0.3) is 0 Å². The fourth-order valence-corrected chi connectivity index (χ4v) is 2.15. The number of hydrogen-bond acceptors (Lipinski definition) is 4. The van der Waals surface area contributed by atoms with Crippen molar-refractivity contribution in [1.29, 1.82) is 0 Å². The van der Waals surface area contributed by atoms with Crippen molar-refractivity contribution >= 4 is 12.6 Å². The van der Waals surface area contributed by atoms with E-state index in [1.807, 2.05) is 48.5 Å². The molecule has 0 saturated heterocycles. The largest absolute Gasteiger partial charge is 0.492 e. The van der Waals surface area contributed by atoms with Gasteiger partial charge < -0.3 is 19.5 Å². The minimum Gasteiger partial charge on any atom is -0.454 e. The Hall–Kier alpha value is -2.76. The van der Waals surface area contributed by atoms with Gasteiger partial charge in [-0.3, -0.25) is 0 Å². The van der Waals surface area contributed by atoms with E-state index in [1.165, 1.54) is 0 Å². The van der Waals surface area contributed by atoms with Crippen molar-refractivity contribution in [3.05, 3.63) is 78.9 Å². The van der Waals surface area contributed by atoms with E-state index in [2.05, 4.69) is 0 Å². The molecule has 0 heterocycles. The lowest BCUT2D eigenvalue weighted by Gasteiger charge is -2.16. The number of hydrogen-bond donors (Lipinski definition) is 2. The number of para-hydroxylation sites is 3. The molecule has 0 aliphatic heterocycles. The van der Waals surface area contributed by atoms with E-state index in [0.29, 0.717) is 17.2 Å². The zero-order valence-electron chi connectivity index (χ0n) is 12.3. The van der Waals surface area contributed by atoms with Crippen LogP contribution in [0.25, 0.3) is 0 Å². The van der Waals surface area contributed by atoms with E-state index in [4.69, 9.17) is 9.47 Å². The lowest BCUT2D eigenvalue weighted by molar-refractivity contribution is 0.406. The summed E-state index contributed by atoms with van der Waals surface area (Å²) >= 11 is 0. The summed E-state index contributed by atoms with van der Waals surface area (Å²) in [6.45, 7) is 0. The number of rotatable bonds is 5. The Balaban J connectivity index is 1.99. The van der Waals surface area contributed by atoms with Gasteiger partial charge >= 0.3 is 7.12 Å². The van der Waals surface area contributed by atoms with Gasteiger partial charge in [-0.15, -0.1) is 0 Å². The molecule has 5 heteroatoms. The molecule has 0 aromatic heterocycles. The molecule has 0 spiro atoms. The van der Waals surface area contributed by atoms with Crippen LogP contribution in [-0.4, -0.2) is 17.2 Å². The Morgan fingerprint density at radius 2 is 1.17 bits per heavy atom. The molecule has 0 fully saturated rings. The minimum absolute atomic E-state index is 0.238. The maximum absolute atomic E-state index is 9.59. The molecule has 3 rings (SSSR count). The van der Waals surface area contributed by atoms with Gasteiger partial charge in [0.05, 0.1) is 0 Å². The standard InChI is InChI=1S/C18H15BO4/c20-19(21)16-12-7-13-17(22-14-8-3-1-4-9-14)18(16)23-15-10-5-2-6-11-15/h1-13,20-21H. The molecule has 2 N–H and O–H groups in total. The molecule has 0 unspecified atom stereocenters. The van der Waals surface area contributed by atoms with E-state index in [9.17, 15) is 10.0 Å². The highest BCUT2D eigenvalue weighted by Crippen LogP contribution is 2.33. The van der Waals surface area contributed by atoms with Crippen LogP contribution in [0.3, 0.4) is 0 Å². The third-order valence-corrected chi connectivity index (χ3v) is 3.22. The zero-order chi connectivity index (χ0) is 16.1. The molecule has 0 atom stereocenters. The molecular formula is C18H15BO4. The smallest absolute Gasteiger partial charge is 0.454 e. The van der Waals surface area contributed by atoms with Crippen LogP contribution in [0.4, 0.5) is 0 Å². The summed E-state index contributed by atoms with van der Waals surface area (Å²) in [6, 6.07) is 23.3. The highest BCUT2D eigenvalue weighted by atomic mass is 16.5. The molecule has 3 aromatic carbocycles. The molecule has 23 heavy (non-hydrogen) atoms. The Morgan fingerprint density at radius 3 is 1.74 bits per heavy atom. The van der Waals surface area contributed by atoms with Gasteiger partial charge in [-0.1, -0.05) is 48.5 Å². The van der Waals surface area contributed by atoms with Gasteiger partial charge in [-0.05, 0) is 30.3 Å². The molecule has 3 aromatic rings. The van der Waals surface area contributed by atoms with Crippen LogP contribution in [0.2, 0.25) is 0 Å². The van der Waals surface area contributed by atoms with E-state index in [0.717, 1.165) is 0 Å². The van der Waals surface area contributed by atoms with Crippen LogP contribution in [0.1, 0.15) is 0 Å². The first kappa shape index (κ1) is 15.2. The molecule has 0 saturated carbocycles. The molecule has 0 aliphatic rings. The molecular weight excluding hydrogens is 291 g/mol. The van der Waals surface area contributed by atoms with E-state index in [-0.39, 0.29) is 11.2 Å². The Morgan fingerprint density at radius 1 is 0.609 bits per heavy atom. The highest BCUT2D eigenvalue weighted by Gasteiger charge is 2.21. The van der Waals surface area contributed by atoms with Crippen LogP contribution in [-0.2, 0) is 0 Å². The van der Waals surface area contributed by atoms with Gasteiger partial charge in [-0.25, -0.2) is 0 Å². The number of benzene rings is 3. The maximum atomic E-state index is 9.59. The monoisotopic (exact) mass is 306 g/mol. The summed E-state index contributed by atoms with van der Waals surface area (Å²) < 4.78 is 11.7. The average molecular weight is 306 g/mol. The van der Waals surface area contributed by atoms with Gasteiger partial charge in [0.15, 0.2) is 11.5 Å². The summed E-state index contributed by atoms with van der Waals surface area (Å²) in [5, 5.41) is 19.2. The van der Waals surface area contributed by atoms with Crippen molar-refractivity contribution in [2.24, 2.45) is 0 Å². The second kappa shape index (κ2) is 7.00. The van der Waals surface area contributed by atoms with Crippen molar-refractivity contribution in [2.45, 2.75) is 0 Å². The molecule has 0 aliphatic carbocycles. The van der Waals surface area contributed by atoms with Crippen LogP contribution in [0.5, 0.6) is 23.0 Å². The normalized spacial score (nSPS) is 10.2. The number of ether oxygens (including phenoxy) is 2. The van der Waals surface area contributed by atoms with Crippen molar-refractivity contribution in [3.63, 3.8) is 0 Å². The first-order valence-corrected chi connectivity index (χ1v) is 7.19. The second-order valence-corrected chi connectivity index (χ2v) is 4.88. The Bertz CT molecular complexity index is 760. The minimum atomic E-state index is -1.66. The molecule has 0 radical (unpaired) electrons. The fourth-order valence-electron chi connectivity index (χ4n) is 2.15. The first-order chi connectivity index (χ1) is 11.2. The summed E-state index contributed by atoms with van der Waals surface area (Å²) in [5.74, 6) is 1.90. The predicted molar refractivity (Wildman–Crippen MR) is 89.3 cm³/mol. The van der Waals surface area contributed by atoms with Gasteiger partial charge in [0, 0.05) is 5.46 Å². The van der Waals surface area contributed by atoms with E-state index in [1.54, 1.807) is 30.3 Å². The van der Waals surface area contributed by atoms with Gasteiger partial charge in [-0.2, -0.15) is 0 Å². The second-order valence-electron chi connectivity index (χ2n) is 4.88. The molecule has 0 amide bonds. The van der Waals surface area contributed by atoms with E-state index < -0.39 is 7.12 Å². The van der Waals surface area contributed by atoms with Crippen LogP contribution < -0.4 is 14.9 Å². The third-order valence-electron chi connectivity index (χ3n) is 3.22. The van der Waals surface area contributed by atoms with Crippen molar-refractivity contribution in [3.8, 4) is 23.0 Å². The summed E-state index contributed by atoms with van der Waals surface area (Å²) in [6.07, 6.45) is 0. The Kier molecular flexibility index (Phi) is 4.61. The van der Waals surface area contributed by atoms with Crippen LogP contribution in [0, 0.1) is 0 Å². The molecule has 114 valence electrons. The topological polar surface area (TPSA) is 58.9 Å². The highest BCUT2D eigenvalue weighted by molar-refractivity contribution is 6.59. The Labute approximate surface area is 134 Å². The predicted octanol–water partition coefficient (Wildman–Crippen LogP) is 2.95. The van der Waals surface area contributed by atoms with Crippen molar-refractivity contribution in [2.75, 3.05) is 0 Å². The SMILES string of the molecule is OB(O)c1cccc(Oc2ccccc2)c1Oc1ccccc1. The van der Waals surface area contributed by atoms with Crippen molar-refractivity contribution in [1.82, 2.24) is 0 Å². The van der Waals surface area contributed by atoms with Gasteiger partial charge in [0.2, 0.25) is 0 Å². The fraction of sp³-hybridized carbons (Fsp3) is 0. The zero-order valence-corrected chi connectivity index (χ0v) is 12.3. The summed E-state index contributed by atoms with van der Waals surface area (Å²) in [5.41, 5.74) is 0.238. The molecule has 0 bridgehead atoms. The average Bonchev–Trinajstić information content (AvgIpc) is 2.58. The lowest BCUT2D eigenvalue weighted by atomic mass is 9.79. The third kappa shape index (κ3) is 3.72. The quantitative estimate of drug-likeness (QED) is 0.712. The van der Waals surface area contributed by atoms with Gasteiger partial charge in [0.1, 0.15) is 11.5 Å². The summed E-state index contributed by atoms with van der Waals surface area (Å²) in [7, 11) is -1.66. The van der Waals surface area contributed by atoms with E-state index >= 15 is 0 Å². The van der Waals surface area contributed by atoms with Crippen LogP contribution >= 0.6 is 0 Å². The summed E-state index contributed by atoms with van der Waals surface area (Å²) in [4.78, 5) is 0. The molecule has 4 nitrogen and oxygen atoms in total. The first-order valence-electron chi connectivity index (χ1n) is 7.19. The van der Waals surface area contributed by atoms with Crippen LogP contribution in [0.15, 0.2) is 78.9 Å². The lowest BCUT2D eigenvalue weighted by Crippen LogP contribution is -2.31.